The van der Waals surface area contributed by atoms with Gasteiger partial charge in [0.15, 0.2) is 0 Å². The van der Waals surface area contributed by atoms with Crippen molar-refractivity contribution in [2.24, 2.45) is 0 Å². The number of aromatic nitrogens is 5. The van der Waals surface area contributed by atoms with Gasteiger partial charge in [-0.05, 0) is 48.0 Å². The monoisotopic (exact) mass is 380 g/mol. The van der Waals surface area contributed by atoms with Crippen molar-refractivity contribution in [3.05, 3.63) is 85.7 Å². The number of benzene rings is 2. The van der Waals surface area contributed by atoms with E-state index < -0.39 is 0 Å². The summed E-state index contributed by atoms with van der Waals surface area (Å²) in [5, 5.41) is 0. The molecule has 0 saturated heterocycles. The Morgan fingerprint density at radius 3 is 2.31 bits per heavy atom. The van der Waals surface area contributed by atoms with Crippen LogP contribution in [0.1, 0.15) is 0 Å². The number of nitrogens with zero attached hydrogens (tertiary/aromatic N) is 6. The van der Waals surface area contributed by atoms with E-state index in [4.69, 9.17) is 0 Å². The van der Waals surface area contributed by atoms with E-state index in [0.29, 0.717) is 5.95 Å². The van der Waals surface area contributed by atoms with Gasteiger partial charge in [0.1, 0.15) is 6.33 Å². The molecule has 0 aliphatic heterocycles. The van der Waals surface area contributed by atoms with Crippen LogP contribution >= 0.6 is 0 Å². The number of rotatable bonds is 4. The van der Waals surface area contributed by atoms with Crippen LogP contribution < -0.4 is 4.90 Å². The van der Waals surface area contributed by atoms with Crippen molar-refractivity contribution in [1.29, 1.82) is 0 Å². The number of hydrogen-bond donors (Lipinski definition) is 0. The summed E-state index contributed by atoms with van der Waals surface area (Å²) in [6, 6.07) is 18.7. The molecule has 142 valence electrons. The lowest BCUT2D eigenvalue weighted by molar-refractivity contribution is 1.000. The van der Waals surface area contributed by atoms with Gasteiger partial charge in [0.25, 0.3) is 0 Å². The van der Waals surface area contributed by atoms with Gasteiger partial charge in [-0.15, -0.1) is 0 Å². The fourth-order valence-electron chi connectivity index (χ4n) is 3.41. The molecule has 0 radical (unpaired) electrons. The average molecular weight is 380 g/mol. The first-order valence-corrected chi connectivity index (χ1v) is 9.40. The number of fused-ring (bicyclic) bond motifs is 1. The molecule has 0 N–H and O–H groups in total. The molecule has 3 heterocycles. The van der Waals surface area contributed by atoms with Crippen molar-refractivity contribution in [1.82, 2.24) is 24.1 Å². The Labute approximate surface area is 168 Å². The zero-order valence-electron chi connectivity index (χ0n) is 16.3. The van der Waals surface area contributed by atoms with E-state index in [-0.39, 0.29) is 0 Å². The lowest BCUT2D eigenvalue weighted by Crippen LogP contribution is -2.12. The molecule has 0 spiro atoms. The van der Waals surface area contributed by atoms with Crippen molar-refractivity contribution in [2.45, 2.75) is 0 Å². The summed E-state index contributed by atoms with van der Waals surface area (Å²) in [7, 11) is 3.86. The predicted molar refractivity (Wildman–Crippen MR) is 116 cm³/mol. The number of anilines is 1. The molecule has 0 fully saturated rings. The maximum atomic E-state index is 4.62. The van der Waals surface area contributed by atoms with Gasteiger partial charge in [0.05, 0.1) is 11.0 Å². The molecule has 29 heavy (non-hydrogen) atoms. The van der Waals surface area contributed by atoms with Gasteiger partial charge in [-0.25, -0.2) is 15.0 Å². The third-order valence-corrected chi connectivity index (χ3v) is 4.93. The van der Waals surface area contributed by atoms with Gasteiger partial charge in [-0.1, -0.05) is 12.1 Å². The third-order valence-electron chi connectivity index (χ3n) is 4.93. The Balaban J connectivity index is 1.53. The predicted octanol–water partition coefficient (Wildman–Crippen LogP) is 4.34. The van der Waals surface area contributed by atoms with Crippen molar-refractivity contribution in [3.8, 4) is 22.5 Å². The zero-order chi connectivity index (χ0) is 19.8. The van der Waals surface area contributed by atoms with Crippen LogP contribution in [0.2, 0.25) is 0 Å². The van der Waals surface area contributed by atoms with E-state index in [0.717, 1.165) is 33.5 Å². The van der Waals surface area contributed by atoms with E-state index in [1.807, 2.05) is 68.3 Å². The summed E-state index contributed by atoms with van der Waals surface area (Å²) in [5.74, 6) is 0.698. The fraction of sp³-hybridized carbons (Fsp3) is 0.0870. The molecule has 0 aliphatic carbocycles. The maximum absolute atomic E-state index is 4.62. The Hall–Kier alpha value is -3.93. The second kappa shape index (κ2) is 6.91. The zero-order valence-corrected chi connectivity index (χ0v) is 16.3. The van der Waals surface area contributed by atoms with Gasteiger partial charge in [-0.2, -0.15) is 0 Å². The first kappa shape index (κ1) is 17.2. The van der Waals surface area contributed by atoms with Gasteiger partial charge in [0, 0.05) is 55.8 Å². The molecule has 0 aliphatic rings. The average Bonchev–Trinajstić information content (AvgIpc) is 3.43. The number of hydrogen-bond acceptors (Lipinski definition) is 4. The summed E-state index contributed by atoms with van der Waals surface area (Å²) < 4.78 is 4.18. The van der Waals surface area contributed by atoms with Crippen LogP contribution in [0, 0.1) is 0 Å². The standard InChI is InChI=1S/C23H20N6/c1-27(2)23-24-14-18(15-25-23)17-6-5-7-20(12-17)29-16-26-21-13-19(8-9-22(21)29)28-10-3-4-11-28/h3-16H,1-2H3. The van der Waals surface area contributed by atoms with Crippen LogP contribution in [-0.4, -0.2) is 38.2 Å². The highest BCUT2D eigenvalue weighted by atomic mass is 15.2. The molecule has 2 aromatic carbocycles. The minimum Gasteiger partial charge on any atom is -0.347 e. The molecule has 0 bridgehead atoms. The first-order chi connectivity index (χ1) is 14.2. The molecule has 5 aromatic rings. The molecule has 0 saturated carbocycles. The Morgan fingerprint density at radius 2 is 1.55 bits per heavy atom. The van der Waals surface area contributed by atoms with Crippen LogP contribution in [0.5, 0.6) is 0 Å². The van der Waals surface area contributed by atoms with Gasteiger partial charge < -0.3 is 9.47 Å². The second-order valence-corrected chi connectivity index (χ2v) is 7.09. The lowest BCUT2D eigenvalue weighted by atomic mass is 10.1. The highest BCUT2D eigenvalue weighted by Crippen LogP contribution is 2.25. The molecule has 0 amide bonds. The second-order valence-electron chi connectivity index (χ2n) is 7.09. The topological polar surface area (TPSA) is 51.8 Å². The summed E-state index contributed by atoms with van der Waals surface area (Å²) in [4.78, 5) is 15.4. The third kappa shape index (κ3) is 3.14. The summed E-state index contributed by atoms with van der Waals surface area (Å²) in [5.41, 5.74) is 6.22. The Morgan fingerprint density at radius 1 is 0.759 bits per heavy atom. The van der Waals surface area contributed by atoms with Gasteiger partial charge >= 0.3 is 0 Å². The minimum atomic E-state index is 0.698. The van der Waals surface area contributed by atoms with Gasteiger partial charge in [-0.3, -0.25) is 4.57 Å². The van der Waals surface area contributed by atoms with Crippen molar-refractivity contribution in [2.75, 3.05) is 19.0 Å². The van der Waals surface area contributed by atoms with Crippen LogP contribution in [0.3, 0.4) is 0 Å². The van der Waals surface area contributed by atoms with E-state index in [1.54, 1.807) is 0 Å². The molecule has 0 atom stereocenters. The SMILES string of the molecule is CN(C)c1ncc(-c2cccc(-n3cnc4cc(-n5cccc5)ccc43)c2)cn1. The quantitative estimate of drug-likeness (QED) is 0.465. The van der Waals surface area contributed by atoms with Crippen molar-refractivity contribution in [3.63, 3.8) is 0 Å². The highest BCUT2D eigenvalue weighted by molar-refractivity contribution is 5.80. The van der Waals surface area contributed by atoms with Crippen LogP contribution in [-0.2, 0) is 0 Å². The largest absolute Gasteiger partial charge is 0.347 e. The molecule has 3 aromatic heterocycles. The summed E-state index contributed by atoms with van der Waals surface area (Å²) in [6.07, 6.45) is 9.65. The first-order valence-electron chi connectivity index (χ1n) is 9.40. The Kier molecular flexibility index (Phi) is 4.09. The molecule has 6 heteroatoms. The van der Waals surface area contributed by atoms with Crippen LogP contribution in [0.4, 0.5) is 5.95 Å². The summed E-state index contributed by atoms with van der Waals surface area (Å²) in [6.45, 7) is 0. The molecule has 0 unspecified atom stereocenters. The van der Waals surface area contributed by atoms with E-state index in [1.165, 1.54) is 0 Å². The van der Waals surface area contributed by atoms with E-state index in [2.05, 4.69) is 60.5 Å². The van der Waals surface area contributed by atoms with E-state index in [9.17, 15) is 0 Å². The maximum Gasteiger partial charge on any atom is 0.224 e. The molecular weight excluding hydrogens is 360 g/mol. The molecule has 6 nitrogen and oxygen atoms in total. The molecular formula is C23H20N6. The van der Waals surface area contributed by atoms with E-state index >= 15 is 0 Å². The lowest BCUT2D eigenvalue weighted by Gasteiger charge is -2.11. The fourth-order valence-corrected chi connectivity index (χ4v) is 3.41. The minimum absolute atomic E-state index is 0.698. The summed E-state index contributed by atoms with van der Waals surface area (Å²) >= 11 is 0. The van der Waals surface area contributed by atoms with Crippen LogP contribution in [0.25, 0.3) is 33.5 Å². The Bertz CT molecular complexity index is 1270. The molecule has 5 rings (SSSR count). The van der Waals surface area contributed by atoms with Crippen molar-refractivity contribution >= 4 is 17.0 Å². The number of imidazole rings is 1. The smallest absolute Gasteiger partial charge is 0.224 e. The van der Waals surface area contributed by atoms with Crippen molar-refractivity contribution < 1.29 is 0 Å². The van der Waals surface area contributed by atoms with Gasteiger partial charge in [0.2, 0.25) is 5.95 Å². The highest BCUT2D eigenvalue weighted by Gasteiger charge is 2.08. The van der Waals surface area contributed by atoms with Crippen LogP contribution in [0.15, 0.2) is 85.7 Å². The normalized spacial score (nSPS) is 11.1.